The Balaban J connectivity index is 2.26. The predicted molar refractivity (Wildman–Crippen MR) is 59.7 cm³/mol. The van der Waals surface area contributed by atoms with Gasteiger partial charge in [0.1, 0.15) is 5.78 Å². The summed E-state index contributed by atoms with van der Waals surface area (Å²) < 4.78 is 1.82. The van der Waals surface area contributed by atoms with Crippen LogP contribution in [0.5, 0.6) is 0 Å². The number of hydrogen-bond donors (Lipinski definition) is 0. The molecule has 0 radical (unpaired) electrons. The van der Waals surface area contributed by atoms with Crippen LogP contribution >= 0.6 is 0 Å². The lowest BCUT2D eigenvalue weighted by atomic mass is 10.1. The normalized spacial score (nSPS) is 10.9. The van der Waals surface area contributed by atoms with Gasteiger partial charge in [0.15, 0.2) is 0 Å². The zero-order valence-corrected chi connectivity index (χ0v) is 9.73. The predicted octanol–water partition coefficient (Wildman–Crippen LogP) is 0.873. The molecule has 0 aliphatic carbocycles. The van der Waals surface area contributed by atoms with E-state index in [1.807, 2.05) is 36.8 Å². The average Bonchev–Trinajstić information content (AvgIpc) is 2.58. The van der Waals surface area contributed by atoms with E-state index in [0.717, 1.165) is 18.7 Å². The Hall–Kier alpha value is -1.16. The molecule has 0 unspecified atom stereocenters. The van der Waals surface area contributed by atoms with Crippen molar-refractivity contribution in [2.45, 2.75) is 19.3 Å². The highest BCUT2D eigenvalue weighted by atomic mass is 16.1. The highest BCUT2D eigenvalue weighted by molar-refractivity contribution is 5.78. The number of carbonyl (C=O) groups is 1. The molecule has 4 heteroatoms. The second-order valence-corrected chi connectivity index (χ2v) is 4.04. The van der Waals surface area contributed by atoms with Crippen LogP contribution in [0.3, 0.4) is 0 Å². The largest absolute Gasteiger partial charge is 0.309 e. The van der Waals surface area contributed by atoms with E-state index in [1.54, 1.807) is 6.20 Å². The summed E-state index contributed by atoms with van der Waals surface area (Å²) in [6.45, 7) is 0.838. The van der Waals surface area contributed by atoms with Gasteiger partial charge in [0.2, 0.25) is 0 Å². The third-order valence-corrected chi connectivity index (χ3v) is 2.42. The molecule has 0 saturated carbocycles. The Kier molecular flexibility index (Phi) is 4.49. The van der Waals surface area contributed by atoms with Gasteiger partial charge in [0.25, 0.3) is 0 Å². The van der Waals surface area contributed by atoms with Crippen molar-refractivity contribution < 1.29 is 4.79 Å². The van der Waals surface area contributed by atoms with Crippen molar-refractivity contribution in [1.82, 2.24) is 14.7 Å². The number of aromatic nitrogens is 2. The third-order valence-electron chi connectivity index (χ3n) is 2.42. The van der Waals surface area contributed by atoms with Crippen LogP contribution in [0.25, 0.3) is 0 Å². The highest BCUT2D eigenvalue weighted by Gasteiger charge is 2.05. The molecule has 84 valence electrons. The van der Waals surface area contributed by atoms with E-state index < -0.39 is 0 Å². The van der Waals surface area contributed by atoms with Gasteiger partial charge in [-0.25, -0.2) is 0 Å². The summed E-state index contributed by atoms with van der Waals surface area (Å²) >= 11 is 0. The van der Waals surface area contributed by atoms with Crippen molar-refractivity contribution in [3.63, 3.8) is 0 Å². The maximum absolute atomic E-state index is 11.5. The SMILES string of the molecule is CN(C)CCC(=O)CCc1ccnn1C. The van der Waals surface area contributed by atoms with Crippen LogP contribution in [0.15, 0.2) is 12.3 Å². The smallest absolute Gasteiger partial charge is 0.134 e. The van der Waals surface area contributed by atoms with Crippen molar-refractivity contribution >= 4 is 5.78 Å². The van der Waals surface area contributed by atoms with Crippen molar-refractivity contribution in [1.29, 1.82) is 0 Å². The van der Waals surface area contributed by atoms with Gasteiger partial charge < -0.3 is 4.90 Å². The summed E-state index contributed by atoms with van der Waals surface area (Å²) in [7, 11) is 5.86. The number of Topliss-reactive ketones (excluding diaryl/α,β-unsaturated/α-hetero) is 1. The Bertz CT molecular complexity index is 317. The lowest BCUT2D eigenvalue weighted by Crippen LogP contribution is -2.17. The Labute approximate surface area is 90.9 Å². The molecule has 0 fully saturated rings. The van der Waals surface area contributed by atoms with Gasteiger partial charge in [-0.05, 0) is 26.6 Å². The number of aryl methyl sites for hydroxylation is 2. The van der Waals surface area contributed by atoms with E-state index in [9.17, 15) is 4.79 Å². The Morgan fingerprint density at radius 3 is 2.73 bits per heavy atom. The fourth-order valence-electron chi connectivity index (χ4n) is 1.39. The van der Waals surface area contributed by atoms with Crippen molar-refractivity contribution in [3.05, 3.63) is 18.0 Å². The maximum atomic E-state index is 11.5. The zero-order valence-electron chi connectivity index (χ0n) is 9.73. The quantitative estimate of drug-likeness (QED) is 0.698. The first-order chi connectivity index (χ1) is 7.09. The molecule has 1 rings (SSSR count). The molecule has 0 aliphatic rings. The first kappa shape index (κ1) is 11.9. The number of nitrogens with zero attached hydrogens (tertiary/aromatic N) is 3. The van der Waals surface area contributed by atoms with Gasteiger partial charge in [-0.15, -0.1) is 0 Å². The summed E-state index contributed by atoms with van der Waals surface area (Å²) in [5.74, 6) is 0.324. The third kappa shape index (κ3) is 4.25. The minimum atomic E-state index is 0.324. The van der Waals surface area contributed by atoms with Gasteiger partial charge in [-0.3, -0.25) is 9.48 Å². The summed E-state index contributed by atoms with van der Waals surface area (Å²) in [6.07, 6.45) is 3.82. The molecule has 1 aromatic rings. The molecule has 0 atom stereocenters. The lowest BCUT2D eigenvalue weighted by Gasteiger charge is -2.08. The fraction of sp³-hybridized carbons (Fsp3) is 0.636. The van der Waals surface area contributed by atoms with Gasteiger partial charge in [0.05, 0.1) is 0 Å². The number of carbonyl (C=O) groups excluding carboxylic acids is 1. The van der Waals surface area contributed by atoms with Crippen molar-refractivity contribution in [2.75, 3.05) is 20.6 Å². The van der Waals surface area contributed by atoms with Crippen LogP contribution in [-0.2, 0) is 18.3 Å². The zero-order chi connectivity index (χ0) is 11.3. The molecule has 1 aromatic heterocycles. The van der Waals surface area contributed by atoms with Crippen molar-refractivity contribution in [2.24, 2.45) is 7.05 Å². The first-order valence-electron chi connectivity index (χ1n) is 5.23. The van der Waals surface area contributed by atoms with Crippen LogP contribution in [-0.4, -0.2) is 41.1 Å². The lowest BCUT2D eigenvalue weighted by molar-refractivity contribution is -0.119. The summed E-state index contributed by atoms with van der Waals surface area (Å²) in [5.41, 5.74) is 1.12. The fourth-order valence-corrected chi connectivity index (χ4v) is 1.39. The molecule has 1 heterocycles. The van der Waals surface area contributed by atoms with Crippen LogP contribution in [0.4, 0.5) is 0 Å². The second-order valence-electron chi connectivity index (χ2n) is 4.04. The highest BCUT2D eigenvalue weighted by Crippen LogP contribution is 2.02. The molecule has 0 N–H and O–H groups in total. The molecule has 15 heavy (non-hydrogen) atoms. The molecule has 0 bridgehead atoms. The maximum Gasteiger partial charge on any atom is 0.134 e. The van der Waals surface area contributed by atoms with Crippen LogP contribution < -0.4 is 0 Å². The second kappa shape index (κ2) is 5.66. The van der Waals surface area contributed by atoms with Crippen LogP contribution in [0.2, 0.25) is 0 Å². The van der Waals surface area contributed by atoms with E-state index >= 15 is 0 Å². The molecule has 0 spiro atoms. The topological polar surface area (TPSA) is 38.1 Å². The van der Waals surface area contributed by atoms with E-state index in [4.69, 9.17) is 0 Å². The Morgan fingerprint density at radius 2 is 2.20 bits per heavy atom. The first-order valence-corrected chi connectivity index (χ1v) is 5.23. The van der Waals surface area contributed by atoms with Crippen LogP contribution in [0.1, 0.15) is 18.5 Å². The molecule has 0 aliphatic heterocycles. The monoisotopic (exact) mass is 209 g/mol. The molecule has 0 saturated heterocycles. The summed E-state index contributed by atoms with van der Waals surface area (Å²) in [5, 5.41) is 4.07. The number of hydrogen-bond acceptors (Lipinski definition) is 3. The van der Waals surface area contributed by atoms with Gasteiger partial charge >= 0.3 is 0 Å². The van der Waals surface area contributed by atoms with E-state index in [2.05, 4.69) is 5.10 Å². The van der Waals surface area contributed by atoms with E-state index in [1.165, 1.54) is 0 Å². The van der Waals surface area contributed by atoms with Gasteiger partial charge in [-0.2, -0.15) is 5.10 Å². The van der Waals surface area contributed by atoms with Crippen LogP contribution in [0, 0.1) is 0 Å². The molecular formula is C11H19N3O. The summed E-state index contributed by atoms with van der Waals surface area (Å²) in [4.78, 5) is 13.5. The standard InChI is InChI=1S/C11H19N3O/c1-13(2)9-7-11(15)5-4-10-6-8-12-14(10)3/h6,8H,4-5,7,9H2,1-3H3. The number of ketones is 1. The van der Waals surface area contributed by atoms with E-state index in [0.29, 0.717) is 18.6 Å². The van der Waals surface area contributed by atoms with Gasteiger partial charge in [0, 0.05) is 38.3 Å². The number of rotatable bonds is 6. The molecule has 0 aromatic carbocycles. The minimum Gasteiger partial charge on any atom is -0.309 e. The molecule has 4 nitrogen and oxygen atoms in total. The van der Waals surface area contributed by atoms with Crippen molar-refractivity contribution in [3.8, 4) is 0 Å². The average molecular weight is 209 g/mol. The summed E-state index contributed by atoms with van der Waals surface area (Å²) in [6, 6.07) is 1.96. The Morgan fingerprint density at radius 1 is 1.47 bits per heavy atom. The van der Waals surface area contributed by atoms with E-state index in [-0.39, 0.29) is 0 Å². The minimum absolute atomic E-state index is 0.324. The molecular weight excluding hydrogens is 190 g/mol. The molecule has 0 amide bonds. The van der Waals surface area contributed by atoms with Gasteiger partial charge in [-0.1, -0.05) is 0 Å².